The molecule has 3 aromatic carbocycles. The molecular weight excluding hydrogens is 451 g/mol. The van der Waals surface area contributed by atoms with Gasteiger partial charge in [0, 0.05) is 7.05 Å². The molecule has 7 heteroatoms. The van der Waals surface area contributed by atoms with E-state index in [1.54, 1.807) is 6.33 Å². The fraction of sp³-hybridized carbons (Fsp3) is 0.148. The summed E-state index contributed by atoms with van der Waals surface area (Å²) in [5, 5.41) is 4.04. The summed E-state index contributed by atoms with van der Waals surface area (Å²) in [7, 11) is -2.75. The van der Waals surface area contributed by atoms with Gasteiger partial charge in [-0.15, -0.1) is 0 Å². The second-order valence-corrected chi connectivity index (χ2v) is 18.4. The summed E-state index contributed by atoms with van der Waals surface area (Å²) in [5.41, 5.74) is 0.854. The van der Waals surface area contributed by atoms with Crippen LogP contribution in [-0.4, -0.2) is 36.0 Å². The topological polar surface area (TPSA) is 46.8 Å². The maximum atomic E-state index is 4.72. The lowest BCUT2D eigenvalue weighted by atomic mass is 10.3. The molecule has 3 aromatic rings. The van der Waals surface area contributed by atoms with Gasteiger partial charge in [-0.1, -0.05) is 111 Å². The molecule has 5 nitrogen and oxygen atoms in total. The highest BCUT2D eigenvalue weighted by Crippen LogP contribution is 2.34. The molecule has 0 fully saturated rings. The Bertz CT molecular complexity index is 1250. The molecule has 5 rings (SSSR count). The van der Waals surface area contributed by atoms with Gasteiger partial charge in [0.1, 0.15) is 26.1 Å². The second-order valence-electron chi connectivity index (χ2n) is 9.54. The van der Waals surface area contributed by atoms with Crippen LogP contribution in [0, 0.1) is 0 Å². The molecule has 0 atom stereocenters. The van der Waals surface area contributed by atoms with Crippen LogP contribution in [0.15, 0.2) is 104 Å². The van der Waals surface area contributed by atoms with Crippen molar-refractivity contribution in [2.24, 2.45) is 7.05 Å². The Morgan fingerprint density at radius 3 is 1.56 bits per heavy atom. The van der Waals surface area contributed by atoms with Gasteiger partial charge >= 0.3 is 0 Å². The minimum atomic E-state index is -2.77. The van der Waals surface area contributed by atoms with E-state index in [0.29, 0.717) is 5.82 Å². The predicted molar refractivity (Wildman–Crippen MR) is 145 cm³/mol. The largest absolute Gasteiger partial charge is 0.398 e. The lowest BCUT2D eigenvalue weighted by molar-refractivity contribution is 0.858. The number of anilines is 1. The Morgan fingerprint density at radius 2 is 1.12 bits per heavy atom. The van der Waals surface area contributed by atoms with Crippen LogP contribution in [0.5, 0.6) is 0 Å². The molecule has 0 saturated carbocycles. The molecule has 0 aromatic heterocycles. The SMILES string of the molecule is Cn1cnc2ncnc-2c1N([Si](C)(C)C)[Si](c1ccccc1)(c1ccccc1)c1ccccc1. The van der Waals surface area contributed by atoms with E-state index in [2.05, 4.69) is 136 Å². The summed E-state index contributed by atoms with van der Waals surface area (Å²) < 4.78 is 4.89. The van der Waals surface area contributed by atoms with Crippen molar-refractivity contribution in [3.05, 3.63) is 104 Å². The van der Waals surface area contributed by atoms with Crippen LogP contribution >= 0.6 is 0 Å². The van der Waals surface area contributed by atoms with Gasteiger partial charge in [-0.2, -0.15) is 0 Å². The van der Waals surface area contributed by atoms with Crippen molar-refractivity contribution in [2.75, 3.05) is 4.23 Å². The number of hydrogen-bond acceptors (Lipinski definition) is 4. The lowest BCUT2D eigenvalue weighted by Crippen LogP contribution is -2.82. The minimum Gasteiger partial charge on any atom is -0.398 e. The Morgan fingerprint density at radius 1 is 0.647 bits per heavy atom. The number of imidazole rings is 1. The highest BCUT2D eigenvalue weighted by molar-refractivity contribution is 7.20. The van der Waals surface area contributed by atoms with E-state index in [4.69, 9.17) is 4.98 Å². The zero-order valence-electron chi connectivity index (χ0n) is 20.1. The van der Waals surface area contributed by atoms with E-state index in [0.717, 1.165) is 11.5 Å². The average Bonchev–Trinajstić information content (AvgIpc) is 3.33. The first kappa shape index (κ1) is 22.2. The fourth-order valence-corrected chi connectivity index (χ4v) is 15.5. The molecule has 2 aliphatic rings. The fourth-order valence-electron chi connectivity index (χ4n) is 5.04. The maximum Gasteiger partial charge on any atom is 0.246 e. The molecule has 0 amide bonds. The zero-order chi connectivity index (χ0) is 23.8. The van der Waals surface area contributed by atoms with E-state index in [1.165, 1.54) is 15.6 Å². The second kappa shape index (κ2) is 8.66. The molecule has 34 heavy (non-hydrogen) atoms. The van der Waals surface area contributed by atoms with Gasteiger partial charge < -0.3 is 8.80 Å². The molecule has 0 spiro atoms. The van der Waals surface area contributed by atoms with Crippen LogP contribution in [0.4, 0.5) is 5.82 Å². The first-order valence-corrected chi connectivity index (χ1v) is 16.9. The maximum absolute atomic E-state index is 4.72. The Labute approximate surface area is 203 Å². The summed E-state index contributed by atoms with van der Waals surface area (Å²) in [4.78, 5) is 13.7. The van der Waals surface area contributed by atoms with Crippen molar-refractivity contribution in [2.45, 2.75) is 19.6 Å². The smallest absolute Gasteiger partial charge is 0.246 e. The molecule has 0 radical (unpaired) electrons. The van der Waals surface area contributed by atoms with E-state index < -0.39 is 16.5 Å². The Balaban J connectivity index is 1.98. The molecule has 0 unspecified atom stereocenters. The number of rotatable bonds is 6. The van der Waals surface area contributed by atoms with E-state index in [-0.39, 0.29) is 0 Å². The van der Waals surface area contributed by atoms with Gasteiger partial charge in [0.15, 0.2) is 5.82 Å². The van der Waals surface area contributed by atoms with Crippen LogP contribution in [0.1, 0.15) is 0 Å². The van der Waals surface area contributed by atoms with Gasteiger partial charge in [-0.05, 0) is 15.6 Å². The number of fused-ring (bicyclic) bond motifs is 1. The third-order valence-corrected chi connectivity index (χ3v) is 15.2. The number of aromatic nitrogens is 4. The highest BCUT2D eigenvalue weighted by atomic mass is 28.4. The summed E-state index contributed by atoms with van der Waals surface area (Å²) in [5.74, 6) is 1.78. The van der Waals surface area contributed by atoms with Crippen LogP contribution in [0.25, 0.3) is 11.5 Å². The number of benzene rings is 3. The monoisotopic (exact) mass is 479 g/mol. The van der Waals surface area contributed by atoms with Crippen molar-refractivity contribution in [3.8, 4) is 11.5 Å². The van der Waals surface area contributed by atoms with Crippen molar-refractivity contribution in [3.63, 3.8) is 0 Å². The third kappa shape index (κ3) is 3.57. The van der Waals surface area contributed by atoms with E-state index >= 15 is 0 Å². The third-order valence-electron chi connectivity index (χ3n) is 6.27. The summed E-state index contributed by atoms with van der Waals surface area (Å²) >= 11 is 0. The minimum absolute atomic E-state index is 0.688. The molecule has 0 bridgehead atoms. The van der Waals surface area contributed by atoms with Crippen LogP contribution < -0.4 is 19.8 Å². The Hall–Kier alpha value is -3.56. The van der Waals surface area contributed by atoms with Crippen LogP contribution in [0.3, 0.4) is 0 Å². The van der Waals surface area contributed by atoms with Crippen LogP contribution in [0.2, 0.25) is 19.6 Å². The van der Waals surface area contributed by atoms with Crippen molar-refractivity contribution in [1.29, 1.82) is 0 Å². The molecule has 0 N–H and O–H groups in total. The highest BCUT2D eigenvalue weighted by Gasteiger charge is 2.51. The molecule has 2 aliphatic heterocycles. The van der Waals surface area contributed by atoms with Gasteiger partial charge in [0.2, 0.25) is 8.24 Å². The molecular formula is C27H29N5Si2. The first-order valence-electron chi connectivity index (χ1n) is 11.5. The average molecular weight is 480 g/mol. The molecule has 170 valence electrons. The first-order chi connectivity index (χ1) is 16.4. The summed E-state index contributed by atoms with van der Waals surface area (Å²) in [6, 6.07) is 33.1. The van der Waals surface area contributed by atoms with Gasteiger partial charge in [-0.25, -0.2) is 15.0 Å². The standard InChI is InChI=1S/C27H29N5Si2/c1-31-21-30-26-25(28-20-29-26)27(31)32(33(2,3)4)34(22-14-8-5-9-15-22,23-16-10-6-11-17-23)24-18-12-7-13-19-24/h5-21H,1-4H3. The zero-order valence-corrected chi connectivity index (χ0v) is 22.1. The van der Waals surface area contributed by atoms with E-state index in [1.807, 2.05) is 6.33 Å². The normalized spacial score (nSPS) is 12.1. The number of aryl methyl sites for hydroxylation is 1. The summed E-state index contributed by atoms with van der Waals surface area (Å²) in [6.45, 7) is 7.27. The summed E-state index contributed by atoms with van der Waals surface area (Å²) in [6.07, 6.45) is 3.50. The number of hydrogen-bond donors (Lipinski definition) is 0. The molecule has 0 aliphatic carbocycles. The van der Waals surface area contributed by atoms with E-state index in [9.17, 15) is 0 Å². The van der Waals surface area contributed by atoms with Gasteiger partial charge in [-0.3, -0.25) is 0 Å². The molecule has 0 saturated heterocycles. The van der Waals surface area contributed by atoms with Crippen molar-refractivity contribution in [1.82, 2.24) is 19.5 Å². The quantitative estimate of drug-likeness (QED) is 0.276. The Kier molecular flexibility index (Phi) is 5.67. The van der Waals surface area contributed by atoms with Gasteiger partial charge in [0.25, 0.3) is 0 Å². The van der Waals surface area contributed by atoms with Crippen LogP contribution in [-0.2, 0) is 7.05 Å². The van der Waals surface area contributed by atoms with Crippen molar-refractivity contribution < 1.29 is 0 Å². The number of nitrogens with zero attached hydrogens (tertiary/aromatic N) is 5. The molecule has 2 heterocycles. The van der Waals surface area contributed by atoms with Crippen molar-refractivity contribution >= 4 is 37.8 Å². The predicted octanol–water partition coefficient (Wildman–Crippen LogP) is 3.62. The lowest BCUT2D eigenvalue weighted by Gasteiger charge is -2.51. The van der Waals surface area contributed by atoms with Gasteiger partial charge in [0.05, 0.1) is 6.33 Å².